The highest BCUT2D eigenvalue weighted by Gasteiger charge is 2.10. The first-order valence-electron chi connectivity index (χ1n) is 9.64. The maximum Gasteiger partial charge on any atom is 0.251 e. The molecule has 4 aromatic rings. The minimum absolute atomic E-state index is 0.155. The molecule has 0 aliphatic carbocycles. The number of pyridine rings is 3. The number of hydrogen-bond acceptors (Lipinski definition) is 5. The van der Waals surface area contributed by atoms with Crippen molar-refractivity contribution in [1.29, 1.82) is 0 Å². The maximum atomic E-state index is 12.6. The zero-order chi connectivity index (χ0) is 22.0. The van der Waals surface area contributed by atoms with Gasteiger partial charge in [-0.05, 0) is 53.6 Å². The lowest BCUT2D eigenvalue weighted by Crippen LogP contribution is -2.24. The molecule has 0 atom stereocenters. The van der Waals surface area contributed by atoms with E-state index >= 15 is 0 Å². The summed E-state index contributed by atoms with van der Waals surface area (Å²) in [5.41, 5.74) is 8.23. The molecule has 0 fully saturated rings. The number of halogens is 1. The van der Waals surface area contributed by atoms with Gasteiger partial charge in [-0.15, -0.1) is 0 Å². The number of nitrogen functional groups attached to an aromatic ring is 1. The first-order valence-corrected chi connectivity index (χ1v) is 10.0. The molecule has 0 spiro atoms. The van der Waals surface area contributed by atoms with Gasteiger partial charge in [0.25, 0.3) is 11.5 Å². The third-order valence-corrected chi connectivity index (χ3v) is 5.21. The fourth-order valence-corrected chi connectivity index (χ4v) is 3.49. The van der Waals surface area contributed by atoms with Crippen LogP contribution in [0.1, 0.15) is 27.3 Å². The van der Waals surface area contributed by atoms with Gasteiger partial charge in [0, 0.05) is 41.3 Å². The molecular formula is C23H20ClN5O2. The van der Waals surface area contributed by atoms with Crippen molar-refractivity contribution in [1.82, 2.24) is 19.9 Å². The van der Waals surface area contributed by atoms with Crippen molar-refractivity contribution in [3.05, 3.63) is 98.8 Å². The van der Waals surface area contributed by atoms with Crippen LogP contribution < -0.4 is 16.6 Å². The number of benzene rings is 1. The van der Waals surface area contributed by atoms with E-state index in [4.69, 9.17) is 17.3 Å². The molecule has 0 saturated carbocycles. The summed E-state index contributed by atoms with van der Waals surface area (Å²) >= 11 is 6.06. The Morgan fingerprint density at radius 1 is 1.13 bits per heavy atom. The number of nitrogens with zero attached hydrogens (tertiary/aromatic N) is 3. The van der Waals surface area contributed by atoms with Gasteiger partial charge >= 0.3 is 0 Å². The number of amides is 1. The summed E-state index contributed by atoms with van der Waals surface area (Å²) < 4.78 is 1.55. The molecule has 0 bridgehead atoms. The maximum absolute atomic E-state index is 12.6. The predicted molar refractivity (Wildman–Crippen MR) is 121 cm³/mol. The zero-order valence-corrected chi connectivity index (χ0v) is 17.6. The number of nitrogens with one attached hydrogen (secondary N) is 1. The van der Waals surface area contributed by atoms with Crippen LogP contribution in [0, 0.1) is 6.92 Å². The van der Waals surface area contributed by atoms with Crippen molar-refractivity contribution in [3.63, 3.8) is 0 Å². The van der Waals surface area contributed by atoms with Crippen LogP contribution in [0.5, 0.6) is 0 Å². The molecule has 1 amide bonds. The van der Waals surface area contributed by atoms with Crippen LogP contribution in [0.15, 0.2) is 65.7 Å². The highest BCUT2D eigenvalue weighted by molar-refractivity contribution is 6.31. The number of anilines is 1. The highest BCUT2D eigenvalue weighted by Crippen LogP contribution is 2.18. The zero-order valence-electron chi connectivity index (χ0n) is 16.8. The molecule has 0 aliphatic heterocycles. The van der Waals surface area contributed by atoms with Gasteiger partial charge in [-0.2, -0.15) is 0 Å². The van der Waals surface area contributed by atoms with Crippen molar-refractivity contribution in [2.24, 2.45) is 0 Å². The third-order valence-electron chi connectivity index (χ3n) is 4.97. The lowest BCUT2D eigenvalue weighted by atomic mass is 10.1. The fraction of sp³-hybridized carbons (Fsp3) is 0.130. The van der Waals surface area contributed by atoms with Crippen LogP contribution >= 0.6 is 11.6 Å². The number of rotatable bonds is 5. The van der Waals surface area contributed by atoms with E-state index in [0.29, 0.717) is 28.6 Å². The van der Waals surface area contributed by atoms with Crippen LogP contribution in [0.25, 0.3) is 10.8 Å². The smallest absolute Gasteiger partial charge is 0.251 e. The van der Waals surface area contributed by atoms with Crippen LogP contribution in [0.2, 0.25) is 5.02 Å². The van der Waals surface area contributed by atoms with Gasteiger partial charge in [-0.25, -0.2) is 4.98 Å². The quantitative estimate of drug-likeness (QED) is 0.502. The Hall–Kier alpha value is -3.71. The SMILES string of the molecule is Cc1nc(N)ccc1CNC(=O)c1ccnc(Cn2cc3cc(Cl)ccc3cc2=O)c1. The van der Waals surface area contributed by atoms with E-state index in [2.05, 4.69) is 15.3 Å². The lowest BCUT2D eigenvalue weighted by Gasteiger charge is -2.10. The van der Waals surface area contributed by atoms with Gasteiger partial charge in [0.15, 0.2) is 0 Å². The van der Waals surface area contributed by atoms with Crippen molar-refractivity contribution in [3.8, 4) is 0 Å². The van der Waals surface area contributed by atoms with Crippen LogP contribution in [0.4, 0.5) is 5.82 Å². The van der Waals surface area contributed by atoms with E-state index in [-0.39, 0.29) is 18.0 Å². The Morgan fingerprint density at radius 2 is 1.97 bits per heavy atom. The van der Waals surface area contributed by atoms with E-state index < -0.39 is 0 Å². The van der Waals surface area contributed by atoms with Crippen LogP contribution in [0.3, 0.4) is 0 Å². The van der Waals surface area contributed by atoms with E-state index in [1.165, 1.54) is 0 Å². The van der Waals surface area contributed by atoms with E-state index in [0.717, 1.165) is 22.0 Å². The molecule has 0 radical (unpaired) electrons. The highest BCUT2D eigenvalue weighted by atomic mass is 35.5. The second-order valence-corrected chi connectivity index (χ2v) is 7.65. The Labute approximate surface area is 183 Å². The molecule has 8 heteroatoms. The van der Waals surface area contributed by atoms with Crippen molar-refractivity contribution in [2.75, 3.05) is 5.73 Å². The van der Waals surface area contributed by atoms with Gasteiger partial charge < -0.3 is 15.6 Å². The summed E-state index contributed by atoms with van der Waals surface area (Å²) in [4.78, 5) is 33.6. The van der Waals surface area contributed by atoms with Gasteiger partial charge in [-0.1, -0.05) is 23.7 Å². The summed E-state index contributed by atoms with van der Waals surface area (Å²) in [6.45, 7) is 2.42. The molecule has 0 aliphatic rings. The van der Waals surface area contributed by atoms with E-state index in [1.807, 2.05) is 19.1 Å². The van der Waals surface area contributed by atoms with Gasteiger partial charge in [0.05, 0.1) is 12.2 Å². The minimum atomic E-state index is -0.238. The summed E-state index contributed by atoms with van der Waals surface area (Å²) in [6.07, 6.45) is 3.30. The second kappa shape index (κ2) is 8.57. The Balaban J connectivity index is 1.51. The van der Waals surface area contributed by atoms with E-state index in [9.17, 15) is 9.59 Å². The number of hydrogen-bond donors (Lipinski definition) is 2. The molecule has 3 N–H and O–H groups in total. The number of carbonyl (C=O) groups is 1. The van der Waals surface area contributed by atoms with Crippen molar-refractivity contribution >= 4 is 34.1 Å². The molecule has 4 rings (SSSR count). The van der Waals surface area contributed by atoms with Crippen molar-refractivity contribution < 1.29 is 4.79 Å². The first-order chi connectivity index (χ1) is 14.9. The standard InChI is InChI=1S/C23H20ClN5O2/c1-14-17(3-5-21(25)28-14)11-27-23(31)16-6-7-26-20(9-16)13-29-12-18-8-19(24)4-2-15(18)10-22(29)30/h2-10,12H,11,13H2,1H3,(H2,25,28)(H,27,31). The fourth-order valence-electron chi connectivity index (χ4n) is 3.31. The lowest BCUT2D eigenvalue weighted by molar-refractivity contribution is 0.0950. The second-order valence-electron chi connectivity index (χ2n) is 7.21. The number of aryl methyl sites for hydroxylation is 1. The minimum Gasteiger partial charge on any atom is -0.384 e. The Morgan fingerprint density at radius 3 is 2.77 bits per heavy atom. The largest absolute Gasteiger partial charge is 0.384 e. The Kier molecular flexibility index (Phi) is 5.68. The molecule has 31 heavy (non-hydrogen) atoms. The predicted octanol–water partition coefficient (Wildman–Crippen LogP) is 3.31. The summed E-state index contributed by atoms with van der Waals surface area (Å²) in [6, 6.07) is 13.8. The number of aromatic nitrogens is 3. The summed E-state index contributed by atoms with van der Waals surface area (Å²) in [5.74, 6) is 0.204. The molecule has 1 aromatic carbocycles. The van der Waals surface area contributed by atoms with Crippen molar-refractivity contribution in [2.45, 2.75) is 20.0 Å². The first kappa shape index (κ1) is 20.6. The summed E-state index contributed by atoms with van der Waals surface area (Å²) in [5, 5.41) is 5.15. The summed E-state index contributed by atoms with van der Waals surface area (Å²) in [7, 11) is 0. The monoisotopic (exact) mass is 433 g/mol. The normalized spacial score (nSPS) is 10.9. The third kappa shape index (κ3) is 4.73. The molecule has 7 nitrogen and oxygen atoms in total. The molecule has 3 aromatic heterocycles. The number of fused-ring (bicyclic) bond motifs is 1. The van der Waals surface area contributed by atoms with Gasteiger partial charge in [0.1, 0.15) is 5.82 Å². The number of nitrogens with two attached hydrogens (primary N) is 1. The average Bonchev–Trinajstić information content (AvgIpc) is 2.74. The van der Waals surface area contributed by atoms with Gasteiger partial charge in [-0.3, -0.25) is 14.6 Å². The van der Waals surface area contributed by atoms with Crippen LogP contribution in [-0.2, 0) is 13.1 Å². The van der Waals surface area contributed by atoms with Crippen LogP contribution in [-0.4, -0.2) is 20.4 Å². The molecule has 3 heterocycles. The topological polar surface area (TPSA) is 103 Å². The van der Waals surface area contributed by atoms with E-state index in [1.54, 1.807) is 53.4 Å². The molecule has 0 saturated heterocycles. The molecule has 0 unspecified atom stereocenters. The molecular weight excluding hydrogens is 414 g/mol. The Bertz CT molecular complexity index is 1350. The molecule has 156 valence electrons. The average molecular weight is 434 g/mol. The number of carbonyl (C=O) groups excluding carboxylic acids is 1. The van der Waals surface area contributed by atoms with Gasteiger partial charge in [0.2, 0.25) is 0 Å².